The first kappa shape index (κ1) is 27.6. The minimum Gasteiger partial charge on any atom is -0.351 e. The standard InChI is InChI=1S/C30H41N3O3/c1-2-27(34)16-10-5-11-17-28(32-29(35)22-24-12-6-3-7-13-24)30(36)31-26-18-20-33(21-19-26)23-25-14-8-4-9-15-25/h3-4,6-9,12-15,26,28H,2,5,10-11,16-23H2,1H3,(H,31,36)(H,32,35)/t28-/m0/s1. The average molecular weight is 492 g/mol. The molecule has 1 aliphatic heterocycles. The summed E-state index contributed by atoms with van der Waals surface area (Å²) in [6, 6.07) is 19.6. The van der Waals surface area contributed by atoms with Crippen LogP contribution in [0.1, 0.15) is 69.4 Å². The summed E-state index contributed by atoms with van der Waals surface area (Å²) >= 11 is 0. The summed E-state index contributed by atoms with van der Waals surface area (Å²) in [6.07, 6.45) is 6.33. The Morgan fingerprint density at radius 2 is 1.53 bits per heavy atom. The van der Waals surface area contributed by atoms with Crippen LogP contribution < -0.4 is 10.6 Å². The number of amides is 2. The lowest BCUT2D eigenvalue weighted by atomic mass is 10.0. The summed E-state index contributed by atoms with van der Waals surface area (Å²) in [4.78, 5) is 39.9. The molecule has 2 aromatic carbocycles. The SMILES string of the molecule is CCC(=O)CCCCC[C@H](NC(=O)Cc1ccccc1)C(=O)NC1CCN(Cc2ccccc2)CC1. The first-order valence-corrected chi connectivity index (χ1v) is 13.4. The topological polar surface area (TPSA) is 78.5 Å². The molecule has 1 aliphatic rings. The molecule has 36 heavy (non-hydrogen) atoms. The number of nitrogens with zero attached hydrogens (tertiary/aromatic N) is 1. The van der Waals surface area contributed by atoms with E-state index in [0.29, 0.717) is 19.3 Å². The number of rotatable bonds is 14. The number of hydrogen-bond donors (Lipinski definition) is 2. The highest BCUT2D eigenvalue weighted by atomic mass is 16.2. The molecule has 1 saturated heterocycles. The first-order chi connectivity index (χ1) is 17.5. The molecule has 0 saturated carbocycles. The van der Waals surface area contributed by atoms with Crippen LogP contribution in [0.25, 0.3) is 0 Å². The second-order valence-electron chi connectivity index (χ2n) is 9.82. The van der Waals surface area contributed by atoms with Crippen molar-refractivity contribution in [2.75, 3.05) is 13.1 Å². The van der Waals surface area contributed by atoms with Gasteiger partial charge in [-0.05, 0) is 36.8 Å². The molecule has 0 spiro atoms. The highest BCUT2D eigenvalue weighted by Crippen LogP contribution is 2.15. The largest absolute Gasteiger partial charge is 0.351 e. The smallest absolute Gasteiger partial charge is 0.242 e. The van der Waals surface area contributed by atoms with E-state index in [1.807, 2.05) is 43.3 Å². The van der Waals surface area contributed by atoms with E-state index in [1.54, 1.807) is 0 Å². The van der Waals surface area contributed by atoms with E-state index in [9.17, 15) is 14.4 Å². The fraction of sp³-hybridized carbons (Fsp3) is 0.500. The summed E-state index contributed by atoms with van der Waals surface area (Å²) in [7, 11) is 0. The van der Waals surface area contributed by atoms with Gasteiger partial charge in [0.25, 0.3) is 0 Å². The predicted molar refractivity (Wildman–Crippen MR) is 143 cm³/mol. The molecule has 0 unspecified atom stereocenters. The molecule has 2 aromatic rings. The van der Waals surface area contributed by atoms with Crippen molar-refractivity contribution in [3.8, 4) is 0 Å². The molecule has 3 rings (SSSR count). The van der Waals surface area contributed by atoms with Gasteiger partial charge in [0.2, 0.25) is 11.8 Å². The Hall–Kier alpha value is -2.99. The Kier molecular flexibility index (Phi) is 11.6. The molecule has 1 fully saturated rings. The van der Waals surface area contributed by atoms with Crippen molar-refractivity contribution in [2.24, 2.45) is 0 Å². The van der Waals surface area contributed by atoms with Crippen LogP contribution in [0.2, 0.25) is 0 Å². The van der Waals surface area contributed by atoms with Gasteiger partial charge in [0, 0.05) is 38.5 Å². The summed E-state index contributed by atoms with van der Waals surface area (Å²) in [5, 5.41) is 6.19. The lowest BCUT2D eigenvalue weighted by molar-refractivity contribution is -0.129. The number of Topliss-reactive ketones (excluding diaryl/α,β-unsaturated/α-hetero) is 1. The van der Waals surface area contributed by atoms with Gasteiger partial charge in [-0.2, -0.15) is 0 Å². The molecule has 2 amide bonds. The van der Waals surface area contributed by atoms with Crippen LogP contribution in [0, 0.1) is 0 Å². The Bertz CT molecular complexity index is 940. The van der Waals surface area contributed by atoms with E-state index in [-0.39, 0.29) is 30.1 Å². The third kappa shape index (κ3) is 9.94. The van der Waals surface area contributed by atoms with E-state index in [1.165, 1.54) is 5.56 Å². The van der Waals surface area contributed by atoms with Crippen molar-refractivity contribution in [3.63, 3.8) is 0 Å². The molecular weight excluding hydrogens is 450 g/mol. The highest BCUT2D eigenvalue weighted by Gasteiger charge is 2.26. The minimum absolute atomic E-state index is 0.0949. The van der Waals surface area contributed by atoms with Gasteiger partial charge >= 0.3 is 0 Å². The molecule has 1 heterocycles. The monoisotopic (exact) mass is 491 g/mol. The molecular formula is C30H41N3O3. The third-order valence-corrected chi connectivity index (χ3v) is 6.88. The maximum Gasteiger partial charge on any atom is 0.242 e. The maximum absolute atomic E-state index is 13.2. The van der Waals surface area contributed by atoms with Crippen LogP contribution in [0.3, 0.4) is 0 Å². The van der Waals surface area contributed by atoms with Crippen molar-refractivity contribution >= 4 is 17.6 Å². The average Bonchev–Trinajstić information content (AvgIpc) is 2.90. The van der Waals surface area contributed by atoms with Crippen LogP contribution in [0.5, 0.6) is 0 Å². The highest BCUT2D eigenvalue weighted by molar-refractivity contribution is 5.88. The quantitative estimate of drug-likeness (QED) is 0.384. The summed E-state index contributed by atoms with van der Waals surface area (Å²) in [5.41, 5.74) is 2.24. The van der Waals surface area contributed by atoms with Crippen molar-refractivity contribution < 1.29 is 14.4 Å². The molecule has 0 aliphatic carbocycles. The molecule has 0 radical (unpaired) electrons. The Morgan fingerprint density at radius 3 is 2.17 bits per heavy atom. The van der Waals surface area contributed by atoms with Gasteiger partial charge in [-0.3, -0.25) is 19.3 Å². The summed E-state index contributed by atoms with van der Waals surface area (Å²) in [5.74, 6) is 0.0433. The molecule has 6 nitrogen and oxygen atoms in total. The van der Waals surface area contributed by atoms with Gasteiger partial charge in [-0.1, -0.05) is 80.4 Å². The summed E-state index contributed by atoms with van der Waals surface area (Å²) in [6.45, 7) is 4.70. The van der Waals surface area contributed by atoms with E-state index in [0.717, 1.165) is 57.3 Å². The van der Waals surface area contributed by atoms with Crippen LogP contribution in [-0.4, -0.2) is 47.7 Å². The first-order valence-electron chi connectivity index (χ1n) is 13.4. The Balaban J connectivity index is 1.48. The summed E-state index contributed by atoms with van der Waals surface area (Å²) < 4.78 is 0. The molecule has 194 valence electrons. The van der Waals surface area contributed by atoms with Crippen LogP contribution >= 0.6 is 0 Å². The van der Waals surface area contributed by atoms with E-state index in [2.05, 4.69) is 39.8 Å². The number of hydrogen-bond acceptors (Lipinski definition) is 4. The number of ketones is 1. The zero-order valence-electron chi connectivity index (χ0n) is 21.6. The number of benzene rings is 2. The molecule has 0 bridgehead atoms. The number of carbonyl (C=O) groups excluding carboxylic acids is 3. The Morgan fingerprint density at radius 1 is 0.889 bits per heavy atom. The van der Waals surface area contributed by atoms with Crippen LogP contribution in [0.15, 0.2) is 60.7 Å². The second-order valence-corrected chi connectivity index (χ2v) is 9.82. The van der Waals surface area contributed by atoms with Gasteiger partial charge in [0.05, 0.1) is 6.42 Å². The lowest BCUT2D eigenvalue weighted by Gasteiger charge is -2.33. The van der Waals surface area contributed by atoms with Crippen LogP contribution in [-0.2, 0) is 27.3 Å². The van der Waals surface area contributed by atoms with Crippen LogP contribution in [0.4, 0.5) is 0 Å². The lowest BCUT2D eigenvalue weighted by Crippen LogP contribution is -2.52. The minimum atomic E-state index is -0.551. The van der Waals surface area contributed by atoms with Crippen molar-refractivity contribution in [1.82, 2.24) is 15.5 Å². The third-order valence-electron chi connectivity index (χ3n) is 6.88. The fourth-order valence-electron chi connectivity index (χ4n) is 4.70. The number of nitrogens with one attached hydrogen (secondary N) is 2. The van der Waals surface area contributed by atoms with Crippen molar-refractivity contribution in [3.05, 3.63) is 71.8 Å². The normalized spacial score (nSPS) is 15.2. The van der Waals surface area contributed by atoms with Gasteiger partial charge in [0.15, 0.2) is 0 Å². The number of unbranched alkanes of at least 4 members (excludes halogenated alkanes) is 2. The number of piperidine rings is 1. The predicted octanol–water partition coefficient (Wildman–Crippen LogP) is 4.42. The zero-order valence-corrected chi connectivity index (χ0v) is 21.6. The van der Waals surface area contributed by atoms with Crippen molar-refractivity contribution in [2.45, 2.75) is 83.3 Å². The molecule has 6 heteroatoms. The second kappa shape index (κ2) is 15.2. The Labute approximate surface area is 215 Å². The number of likely N-dealkylation sites (tertiary alicyclic amines) is 1. The van der Waals surface area contributed by atoms with E-state index < -0.39 is 6.04 Å². The van der Waals surface area contributed by atoms with Gasteiger partial charge in [-0.15, -0.1) is 0 Å². The van der Waals surface area contributed by atoms with Gasteiger partial charge in [-0.25, -0.2) is 0 Å². The van der Waals surface area contributed by atoms with Crippen molar-refractivity contribution in [1.29, 1.82) is 0 Å². The fourth-order valence-corrected chi connectivity index (χ4v) is 4.70. The molecule has 0 aromatic heterocycles. The van der Waals surface area contributed by atoms with E-state index >= 15 is 0 Å². The van der Waals surface area contributed by atoms with Gasteiger partial charge in [0.1, 0.15) is 11.8 Å². The molecule has 2 N–H and O–H groups in total. The van der Waals surface area contributed by atoms with E-state index in [4.69, 9.17) is 0 Å². The zero-order chi connectivity index (χ0) is 25.6. The maximum atomic E-state index is 13.2. The van der Waals surface area contributed by atoms with Gasteiger partial charge < -0.3 is 10.6 Å². The number of carbonyl (C=O) groups is 3. The molecule has 1 atom stereocenters.